The Morgan fingerprint density at radius 1 is 1.12 bits per heavy atom. The van der Waals surface area contributed by atoms with Gasteiger partial charge in [0.25, 0.3) is 0 Å². The Morgan fingerprint density at radius 2 is 1.79 bits per heavy atom. The molecule has 1 atom stereocenters. The van der Waals surface area contributed by atoms with E-state index in [1.54, 1.807) is 0 Å². The fourth-order valence-corrected chi connectivity index (χ4v) is 3.16. The van der Waals surface area contributed by atoms with Crippen molar-refractivity contribution >= 4 is 11.7 Å². The number of nitrogens with zero attached hydrogens (tertiary/aromatic N) is 1. The van der Waals surface area contributed by atoms with Crippen molar-refractivity contribution in [3.63, 3.8) is 0 Å². The van der Waals surface area contributed by atoms with E-state index >= 15 is 0 Å². The molecule has 0 radical (unpaired) electrons. The van der Waals surface area contributed by atoms with Crippen molar-refractivity contribution in [3.05, 3.63) is 35.4 Å². The van der Waals surface area contributed by atoms with Crippen LogP contribution in [-0.2, 0) is 11.2 Å². The van der Waals surface area contributed by atoms with Gasteiger partial charge in [-0.05, 0) is 37.7 Å². The first-order valence-electron chi connectivity index (χ1n) is 9.28. The molecule has 1 amide bonds. The zero-order valence-corrected chi connectivity index (χ0v) is 14.8. The van der Waals surface area contributed by atoms with Crippen molar-refractivity contribution in [1.29, 1.82) is 0 Å². The number of hydrogen-bond donors (Lipinski definition) is 1. The third-order valence-electron chi connectivity index (χ3n) is 4.78. The standard InChI is InChI=1S/C20H30N2O2/c1-2-3-7-18(21)20(24)17-11-8-16(9-12-17)10-13-19(23)22-14-5-4-6-15-22/h8-9,11-12,18H,2-7,10,13-15,21H2,1H3. The number of ketones is 1. The monoisotopic (exact) mass is 330 g/mol. The van der Waals surface area contributed by atoms with Crippen LogP contribution >= 0.6 is 0 Å². The Morgan fingerprint density at radius 3 is 2.42 bits per heavy atom. The third kappa shape index (κ3) is 5.45. The van der Waals surface area contributed by atoms with Gasteiger partial charge in [0.15, 0.2) is 5.78 Å². The van der Waals surface area contributed by atoms with Gasteiger partial charge in [0.1, 0.15) is 0 Å². The first-order chi connectivity index (χ1) is 11.6. The van der Waals surface area contributed by atoms with Crippen LogP contribution in [0, 0.1) is 0 Å². The van der Waals surface area contributed by atoms with Crippen LogP contribution in [0.3, 0.4) is 0 Å². The number of piperidine rings is 1. The van der Waals surface area contributed by atoms with E-state index in [1.807, 2.05) is 29.2 Å². The van der Waals surface area contributed by atoms with Gasteiger partial charge in [-0.1, -0.05) is 44.0 Å². The Balaban J connectivity index is 1.83. The van der Waals surface area contributed by atoms with Gasteiger partial charge in [-0.25, -0.2) is 0 Å². The van der Waals surface area contributed by atoms with Crippen molar-refractivity contribution in [2.24, 2.45) is 5.73 Å². The number of amides is 1. The van der Waals surface area contributed by atoms with E-state index < -0.39 is 6.04 Å². The number of hydrogen-bond acceptors (Lipinski definition) is 3. The smallest absolute Gasteiger partial charge is 0.222 e. The van der Waals surface area contributed by atoms with E-state index in [4.69, 9.17) is 5.73 Å². The molecule has 0 bridgehead atoms. The summed E-state index contributed by atoms with van der Waals surface area (Å²) in [7, 11) is 0. The Bertz CT molecular complexity index is 533. The molecule has 1 aliphatic heterocycles. The molecule has 0 aromatic heterocycles. The molecule has 24 heavy (non-hydrogen) atoms. The molecule has 0 aliphatic carbocycles. The topological polar surface area (TPSA) is 63.4 Å². The van der Waals surface area contributed by atoms with E-state index in [2.05, 4.69) is 6.92 Å². The summed E-state index contributed by atoms with van der Waals surface area (Å²) in [6.45, 7) is 3.90. The number of benzene rings is 1. The summed E-state index contributed by atoms with van der Waals surface area (Å²) in [6, 6.07) is 7.17. The summed E-state index contributed by atoms with van der Waals surface area (Å²) in [6.07, 6.45) is 7.52. The first kappa shape index (κ1) is 18.7. The van der Waals surface area contributed by atoms with Crippen LogP contribution in [0.15, 0.2) is 24.3 Å². The van der Waals surface area contributed by atoms with Gasteiger partial charge >= 0.3 is 0 Å². The normalized spacial score (nSPS) is 16.0. The van der Waals surface area contributed by atoms with Crippen LogP contribution in [0.25, 0.3) is 0 Å². The lowest BCUT2D eigenvalue weighted by Crippen LogP contribution is -2.35. The lowest BCUT2D eigenvalue weighted by Gasteiger charge is -2.26. The number of unbranched alkanes of at least 4 members (excludes halogenated alkanes) is 1. The zero-order valence-electron chi connectivity index (χ0n) is 14.8. The predicted octanol–water partition coefficient (Wildman–Crippen LogP) is 3.33. The van der Waals surface area contributed by atoms with Crippen LogP contribution in [0.5, 0.6) is 0 Å². The molecule has 4 heteroatoms. The number of carbonyl (C=O) groups excluding carboxylic acids is 2. The number of carbonyl (C=O) groups is 2. The Labute approximate surface area is 145 Å². The van der Waals surface area contributed by atoms with Crippen molar-refractivity contribution in [2.45, 2.75) is 64.3 Å². The number of Topliss-reactive ketones (excluding diaryl/α,β-unsaturated/α-hetero) is 1. The molecular weight excluding hydrogens is 300 g/mol. The quantitative estimate of drug-likeness (QED) is 0.744. The number of aryl methyl sites for hydroxylation is 1. The molecule has 1 aromatic carbocycles. The minimum Gasteiger partial charge on any atom is -0.343 e. The second-order valence-electron chi connectivity index (χ2n) is 6.75. The van der Waals surface area contributed by atoms with Crippen LogP contribution < -0.4 is 5.73 Å². The van der Waals surface area contributed by atoms with E-state index in [-0.39, 0.29) is 11.7 Å². The largest absolute Gasteiger partial charge is 0.343 e. The highest BCUT2D eigenvalue weighted by Crippen LogP contribution is 2.14. The van der Waals surface area contributed by atoms with Crippen molar-refractivity contribution in [2.75, 3.05) is 13.1 Å². The molecule has 2 rings (SSSR count). The molecule has 1 saturated heterocycles. The molecule has 1 heterocycles. The lowest BCUT2D eigenvalue weighted by atomic mass is 9.98. The van der Waals surface area contributed by atoms with Gasteiger partial charge in [-0.15, -0.1) is 0 Å². The van der Waals surface area contributed by atoms with Crippen LogP contribution in [0.2, 0.25) is 0 Å². The van der Waals surface area contributed by atoms with Gasteiger partial charge in [0.05, 0.1) is 6.04 Å². The maximum Gasteiger partial charge on any atom is 0.222 e. The summed E-state index contributed by atoms with van der Waals surface area (Å²) in [5, 5.41) is 0. The molecule has 1 unspecified atom stereocenters. The summed E-state index contributed by atoms with van der Waals surface area (Å²) >= 11 is 0. The van der Waals surface area contributed by atoms with Crippen LogP contribution in [-0.4, -0.2) is 35.7 Å². The van der Waals surface area contributed by atoms with Gasteiger partial charge in [0, 0.05) is 25.1 Å². The molecule has 0 spiro atoms. The number of likely N-dealkylation sites (tertiary alicyclic amines) is 1. The first-order valence-corrected chi connectivity index (χ1v) is 9.28. The van der Waals surface area contributed by atoms with Crippen molar-refractivity contribution in [3.8, 4) is 0 Å². The molecule has 132 valence electrons. The lowest BCUT2D eigenvalue weighted by molar-refractivity contribution is -0.132. The van der Waals surface area contributed by atoms with E-state index in [9.17, 15) is 9.59 Å². The van der Waals surface area contributed by atoms with Crippen molar-refractivity contribution in [1.82, 2.24) is 4.90 Å². The highest BCUT2D eigenvalue weighted by Gasteiger charge is 2.17. The summed E-state index contributed by atoms with van der Waals surface area (Å²) in [5.41, 5.74) is 7.72. The number of rotatable bonds is 8. The highest BCUT2D eigenvalue weighted by atomic mass is 16.2. The van der Waals surface area contributed by atoms with Gasteiger partial charge in [0.2, 0.25) is 5.91 Å². The molecule has 2 N–H and O–H groups in total. The second kappa shape index (κ2) is 9.58. The molecule has 4 nitrogen and oxygen atoms in total. The van der Waals surface area contributed by atoms with E-state index in [1.165, 1.54) is 6.42 Å². The summed E-state index contributed by atoms with van der Waals surface area (Å²) in [5.74, 6) is 0.260. The summed E-state index contributed by atoms with van der Waals surface area (Å²) in [4.78, 5) is 26.4. The van der Waals surface area contributed by atoms with Crippen LogP contribution in [0.4, 0.5) is 0 Å². The second-order valence-corrected chi connectivity index (χ2v) is 6.75. The fourth-order valence-electron chi connectivity index (χ4n) is 3.16. The predicted molar refractivity (Wildman–Crippen MR) is 97.0 cm³/mol. The Hall–Kier alpha value is -1.68. The molecule has 1 fully saturated rings. The van der Waals surface area contributed by atoms with E-state index in [0.29, 0.717) is 12.0 Å². The van der Waals surface area contributed by atoms with Crippen molar-refractivity contribution < 1.29 is 9.59 Å². The third-order valence-corrected chi connectivity index (χ3v) is 4.78. The molecule has 0 saturated carbocycles. The van der Waals surface area contributed by atoms with Gasteiger partial charge in [-0.2, -0.15) is 0 Å². The SMILES string of the molecule is CCCCC(N)C(=O)c1ccc(CCC(=O)N2CCCCC2)cc1. The van der Waals surface area contributed by atoms with Crippen LogP contribution in [0.1, 0.15) is 67.8 Å². The maximum atomic E-state index is 12.2. The average Bonchev–Trinajstić information content (AvgIpc) is 2.64. The Kier molecular flexibility index (Phi) is 7.44. The fraction of sp³-hybridized carbons (Fsp3) is 0.600. The average molecular weight is 330 g/mol. The minimum absolute atomic E-state index is 0.0133. The molecule has 1 aliphatic rings. The molecule has 1 aromatic rings. The van der Waals surface area contributed by atoms with E-state index in [0.717, 1.165) is 57.2 Å². The minimum atomic E-state index is -0.406. The van der Waals surface area contributed by atoms with Gasteiger partial charge < -0.3 is 10.6 Å². The highest BCUT2D eigenvalue weighted by molar-refractivity contribution is 5.99. The van der Waals surface area contributed by atoms with Gasteiger partial charge in [-0.3, -0.25) is 9.59 Å². The maximum absolute atomic E-state index is 12.2. The summed E-state index contributed by atoms with van der Waals surface area (Å²) < 4.78 is 0. The zero-order chi connectivity index (χ0) is 17.4. The molecular formula is C20H30N2O2. The number of nitrogens with two attached hydrogens (primary N) is 1.